The maximum Gasteiger partial charge on any atom is 0.256 e. The van der Waals surface area contributed by atoms with Crippen molar-refractivity contribution >= 4 is 55.5 Å². The van der Waals surface area contributed by atoms with Gasteiger partial charge in [0.15, 0.2) is 3.79 Å². The summed E-state index contributed by atoms with van der Waals surface area (Å²) in [6.45, 7) is 16.5. The number of aromatic amines is 1. The first-order valence-electron chi connectivity index (χ1n) is 12.4. The molecule has 1 aromatic heterocycles. The number of halogens is 1. The van der Waals surface area contributed by atoms with E-state index in [1.807, 2.05) is 32.0 Å². The summed E-state index contributed by atoms with van der Waals surface area (Å²) < 4.78 is 0.0581. The maximum atomic E-state index is 12.5. The molecule has 2 heterocycles. The predicted octanol–water partition coefficient (Wildman–Crippen LogP) is 5.24. The van der Waals surface area contributed by atoms with Gasteiger partial charge in [-0.3, -0.25) is 14.4 Å². The van der Waals surface area contributed by atoms with Gasteiger partial charge in [-0.2, -0.15) is 0 Å². The molecule has 0 spiro atoms. The molecule has 1 aliphatic heterocycles. The summed E-state index contributed by atoms with van der Waals surface area (Å²) in [5.41, 5.74) is 5.54. The molecule has 2 aromatic rings. The number of nitrogens with one attached hydrogen (secondary N) is 3. The number of aryl methyl sites for hydroxylation is 2. The Morgan fingerprint density at radius 1 is 1.22 bits per heavy atom. The Balaban J connectivity index is 0.000000458. The van der Waals surface area contributed by atoms with Crippen LogP contribution >= 0.6 is 22.6 Å². The molecule has 2 amide bonds. The summed E-state index contributed by atoms with van der Waals surface area (Å²) in [4.78, 5) is 40.9. The van der Waals surface area contributed by atoms with Crippen LogP contribution in [0.1, 0.15) is 60.1 Å². The third-order valence-corrected chi connectivity index (χ3v) is 7.14. The standard InChI is InChI=1S/C22H28N4O2.C6H9IO2/c1-5-26(6-2)10-9-23-21(27)17-12-16(24-15(17)4)13-19-18-11-14(3)7-8-20(18)25-22(19)28;1-4(6(7)9)3-5(2)8/h7-8,11-13,24H,5-6,9-10H2,1-4H3,(H,23,27)(H,25,28);4,8H,2-3H2,1H3/b19-13-;/t;4-/m.0/s1. The number of fused-ring (bicyclic) bond motifs is 1. The van der Waals surface area contributed by atoms with Gasteiger partial charge in [0.2, 0.25) is 0 Å². The molecule has 0 fully saturated rings. The second-order valence-electron chi connectivity index (χ2n) is 9.08. The summed E-state index contributed by atoms with van der Waals surface area (Å²) in [5, 5.41) is 14.5. The number of benzene rings is 1. The zero-order valence-corrected chi connectivity index (χ0v) is 24.4. The number of anilines is 1. The van der Waals surface area contributed by atoms with E-state index in [0.717, 1.165) is 47.8 Å². The van der Waals surface area contributed by atoms with Crippen LogP contribution in [0.15, 0.2) is 36.6 Å². The Morgan fingerprint density at radius 2 is 1.89 bits per heavy atom. The number of hydrogen-bond donors (Lipinski definition) is 4. The van der Waals surface area contributed by atoms with Crippen LogP contribution in [0.4, 0.5) is 5.69 Å². The van der Waals surface area contributed by atoms with Gasteiger partial charge in [-0.1, -0.05) is 39.0 Å². The van der Waals surface area contributed by atoms with Crippen molar-refractivity contribution in [2.45, 2.75) is 41.0 Å². The molecule has 3 rings (SSSR count). The topological polar surface area (TPSA) is 115 Å². The van der Waals surface area contributed by atoms with Gasteiger partial charge in [-0.15, -0.1) is 0 Å². The number of aliphatic hydroxyl groups excluding tert-OH is 1. The highest BCUT2D eigenvalue weighted by Gasteiger charge is 2.24. The van der Waals surface area contributed by atoms with E-state index in [0.29, 0.717) is 24.1 Å². The Kier molecular flexibility index (Phi) is 11.6. The second-order valence-corrected chi connectivity index (χ2v) is 10.1. The van der Waals surface area contributed by atoms with Gasteiger partial charge < -0.3 is 25.6 Å². The SMILES string of the molecule is C=C(O)C[C@H](C)C(=O)I.CCN(CC)CCNC(=O)c1cc(/C=C2\C(=O)Nc3ccc(C)cc32)[nH]c1C. The fourth-order valence-electron chi connectivity index (χ4n) is 3.89. The molecule has 8 nitrogen and oxygen atoms in total. The number of carbonyl (C=O) groups excluding carboxylic acids is 3. The van der Waals surface area contributed by atoms with Gasteiger partial charge in [0, 0.05) is 48.1 Å². The monoisotopic (exact) mass is 620 g/mol. The summed E-state index contributed by atoms with van der Waals surface area (Å²) in [7, 11) is 0. The Bertz CT molecular complexity index is 1180. The van der Waals surface area contributed by atoms with Crippen LogP contribution in [-0.2, 0) is 9.59 Å². The molecule has 0 radical (unpaired) electrons. The molecule has 1 aromatic carbocycles. The predicted molar refractivity (Wildman–Crippen MR) is 158 cm³/mol. The van der Waals surface area contributed by atoms with Gasteiger partial charge in [0.25, 0.3) is 11.8 Å². The molecule has 1 atom stereocenters. The lowest BCUT2D eigenvalue weighted by molar-refractivity contribution is -0.112. The van der Waals surface area contributed by atoms with E-state index in [9.17, 15) is 14.4 Å². The normalized spacial score (nSPS) is 14.0. The number of rotatable bonds is 10. The molecular weight excluding hydrogens is 583 g/mol. The van der Waals surface area contributed by atoms with E-state index < -0.39 is 0 Å². The summed E-state index contributed by atoms with van der Waals surface area (Å²) >= 11 is 1.71. The smallest absolute Gasteiger partial charge is 0.256 e. The van der Waals surface area contributed by atoms with Crippen LogP contribution < -0.4 is 10.6 Å². The summed E-state index contributed by atoms with van der Waals surface area (Å²) in [6, 6.07) is 7.69. The summed E-state index contributed by atoms with van der Waals surface area (Å²) in [5.74, 6) is -0.258. The third-order valence-electron chi connectivity index (χ3n) is 6.08. The van der Waals surface area contributed by atoms with Gasteiger partial charge in [0.05, 0.1) is 16.9 Å². The molecule has 9 heteroatoms. The minimum Gasteiger partial charge on any atom is -0.513 e. The quantitative estimate of drug-likeness (QED) is 0.126. The highest BCUT2D eigenvalue weighted by Crippen LogP contribution is 2.33. The van der Waals surface area contributed by atoms with Crippen molar-refractivity contribution in [3.63, 3.8) is 0 Å². The Morgan fingerprint density at radius 3 is 2.46 bits per heavy atom. The van der Waals surface area contributed by atoms with Crippen molar-refractivity contribution in [1.29, 1.82) is 0 Å². The number of aliphatic hydroxyl groups is 1. The zero-order valence-electron chi connectivity index (χ0n) is 22.2. The van der Waals surface area contributed by atoms with Crippen molar-refractivity contribution in [2.24, 2.45) is 5.92 Å². The highest BCUT2D eigenvalue weighted by atomic mass is 127. The molecule has 0 saturated heterocycles. The average Bonchev–Trinajstić information content (AvgIpc) is 3.35. The van der Waals surface area contributed by atoms with Crippen LogP contribution in [0, 0.1) is 19.8 Å². The first-order chi connectivity index (χ1) is 17.5. The molecule has 0 saturated carbocycles. The molecule has 0 bridgehead atoms. The first kappa shape index (κ1) is 30.3. The van der Waals surface area contributed by atoms with E-state index in [2.05, 4.69) is 40.9 Å². The zero-order chi connectivity index (χ0) is 27.7. The third kappa shape index (κ3) is 8.85. The Labute approximate surface area is 232 Å². The van der Waals surface area contributed by atoms with Gasteiger partial charge in [-0.25, -0.2) is 0 Å². The van der Waals surface area contributed by atoms with Crippen LogP contribution in [0.25, 0.3) is 11.6 Å². The number of amides is 2. The lowest BCUT2D eigenvalue weighted by Gasteiger charge is -2.17. The minimum absolute atomic E-state index is 0.0581. The van der Waals surface area contributed by atoms with E-state index in [4.69, 9.17) is 5.11 Å². The lowest BCUT2D eigenvalue weighted by Crippen LogP contribution is -2.34. The number of allylic oxidation sites excluding steroid dienone is 1. The maximum absolute atomic E-state index is 12.5. The average molecular weight is 621 g/mol. The molecule has 37 heavy (non-hydrogen) atoms. The van der Waals surface area contributed by atoms with Crippen molar-refractivity contribution in [3.05, 3.63) is 64.7 Å². The van der Waals surface area contributed by atoms with E-state index in [-0.39, 0.29) is 27.3 Å². The number of carbonyl (C=O) groups is 3. The number of H-pyrrole nitrogens is 1. The molecule has 0 aliphatic carbocycles. The van der Waals surface area contributed by atoms with Gasteiger partial charge >= 0.3 is 0 Å². The van der Waals surface area contributed by atoms with E-state index in [1.54, 1.807) is 41.7 Å². The number of aromatic nitrogens is 1. The number of hydrogen-bond acceptors (Lipinski definition) is 5. The highest BCUT2D eigenvalue weighted by molar-refractivity contribution is 14.1. The number of nitrogens with zero attached hydrogens (tertiary/aromatic N) is 1. The second kappa shape index (κ2) is 14.1. The van der Waals surface area contributed by atoms with E-state index >= 15 is 0 Å². The lowest BCUT2D eigenvalue weighted by atomic mass is 10.0. The van der Waals surface area contributed by atoms with Crippen molar-refractivity contribution in [1.82, 2.24) is 15.2 Å². The largest absolute Gasteiger partial charge is 0.513 e. The van der Waals surface area contributed by atoms with Crippen LogP contribution in [-0.4, -0.2) is 56.8 Å². The molecular formula is C28H37IN4O4. The van der Waals surface area contributed by atoms with Gasteiger partial charge in [-0.05, 0) is 73.8 Å². The first-order valence-corrected chi connectivity index (χ1v) is 13.4. The van der Waals surface area contributed by atoms with E-state index in [1.165, 1.54) is 0 Å². The fourth-order valence-corrected chi connectivity index (χ4v) is 4.11. The van der Waals surface area contributed by atoms with Crippen LogP contribution in [0.3, 0.4) is 0 Å². The number of likely N-dealkylation sites (N-methyl/N-ethyl adjacent to an activating group) is 1. The summed E-state index contributed by atoms with van der Waals surface area (Å²) in [6.07, 6.45) is 2.18. The molecule has 200 valence electrons. The van der Waals surface area contributed by atoms with Crippen molar-refractivity contribution < 1.29 is 19.5 Å². The van der Waals surface area contributed by atoms with Crippen molar-refractivity contribution in [2.75, 3.05) is 31.5 Å². The van der Waals surface area contributed by atoms with Crippen molar-refractivity contribution in [3.8, 4) is 0 Å². The molecule has 4 N–H and O–H groups in total. The molecule has 1 aliphatic rings. The van der Waals surface area contributed by atoms with Gasteiger partial charge in [0.1, 0.15) is 0 Å². The molecule has 0 unspecified atom stereocenters. The fraction of sp³-hybridized carbons (Fsp3) is 0.393. The Hall–Kier alpha value is -2.92. The van der Waals surface area contributed by atoms with Crippen LogP contribution in [0.5, 0.6) is 0 Å². The van der Waals surface area contributed by atoms with Crippen LogP contribution in [0.2, 0.25) is 0 Å². The minimum atomic E-state index is -0.127.